The molecule has 1 fully saturated rings. The van der Waals surface area contributed by atoms with Crippen molar-refractivity contribution in [3.05, 3.63) is 5.76 Å². The number of anilines is 1. The predicted octanol–water partition coefficient (Wildman–Crippen LogP) is 1.37. The lowest BCUT2D eigenvalue weighted by Gasteiger charge is -2.32. The van der Waals surface area contributed by atoms with Gasteiger partial charge in [0.25, 0.3) is 0 Å². The summed E-state index contributed by atoms with van der Waals surface area (Å²) in [6.07, 6.45) is -1.22. The van der Waals surface area contributed by atoms with E-state index in [1.165, 1.54) is 0 Å². The van der Waals surface area contributed by atoms with E-state index in [0.29, 0.717) is 11.2 Å². The average molecular weight is 268 g/mol. The largest absolute Gasteiger partial charge is 0.502 e. The van der Waals surface area contributed by atoms with Crippen molar-refractivity contribution in [2.24, 2.45) is 0 Å². The second-order valence-electron chi connectivity index (χ2n) is 5.52. The summed E-state index contributed by atoms with van der Waals surface area (Å²) in [4.78, 5) is 10.7. The lowest BCUT2D eigenvalue weighted by atomic mass is 9.78. The molecule has 0 unspecified atom stereocenters. The quantitative estimate of drug-likeness (QED) is 0.787. The van der Waals surface area contributed by atoms with E-state index >= 15 is 0 Å². The van der Waals surface area contributed by atoms with E-state index in [2.05, 4.69) is 10.5 Å². The molecule has 0 spiro atoms. The van der Waals surface area contributed by atoms with Gasteiger partial charge in [-0.3, -0.25) is 5.32 Å². The summed E-state index contributed by atoms with van der Waals surface area (Å²) < 4.78 is 16.7. The lowest BCUT2D eigenvalue weighted by Crippen LogP contribution is -2.41. The fourth-order valence-electron chi connectivity index (χ4n) is 1.81. The van der Waals surface area contributed by atoms with Crippen LogP contribution in [0.25, 0.3) is 0 Å². The molecule has 2 rings (SSSR count). The van der Waals surface area contributed by atoms with E-state index in [9.17, 15) is 4.79 Å². The number of amides is 1. The van der Waals surface area contributed by atoms with Crippen LogP contribution in [-0.2, 0) is 9.31 Å². The average Bonchev–Trinajstić information content (AvgIpc) is 2.65. The zero-order valence-corrected chi connectivity index (χ0v) is 11.6. The molecular weight excluding hydrogens is 251 g/mol. The van der Waals surface area contributed by atoms with Gasteiger partial charge in [0.15, 0.2) is 5.82 Å². The molecule has 1 aliphatic rings. The highest BCUT2D eigenvalue weighted by atomic mass is 16.7. The van der Waals surface area contributed by atoms with Gasteiger partial charge in [-0.1, -0.05) is 5.16 Å². The van der Waals surface area contributed by atoms with E-state index in [1.54, 1.807) is 6.92 Å². The molecule has 2 N–H and O–H groups in total. The Balaban J connectivity index is 2.34. The minimum atomic E-state index is -1.22. The Hall–Kier alpha value is -1.54. The van der Waals surface area contributed by atoms with Crippen LogP contribution in [0.1, 0.15) is 33.5 Å². The Morgan fingerprint density at radius 2 is 1.79 bits per heavy atom. The number of nitrogens with one attached hydrogen (secondary N) is 1. The Kier molecular flexibility index (Phi) is 3.10. The minimum absolute atomic E-state index is 0.100. The minimum Gasteiger partial charge on any atom is -0.465 e. The Morgan fingerprint density at radius 1 is 1.26 bits per heavy atom. The number of nitrogens with zero attached hydrogens (tertiary/aromatic N) is 1. The number of carboxylic acid groups (broad SMARTS) is 1. The molecule has 1 amide bonds. The van der Waals surface area contributed by atoms with Gasteiger partial charge in [0.1, 0.15) is 5.76 Å². The normalized spacial score (nSPS) is 20.6. The van der Waals surface area contributed by atoms with E-state index in [1.807, 2.05) is 27.7 Å². The number of aromatic nitrogens is 1. The molecule has 2 heterocycles. The fraction of sp³-hybridized carbons (Fsp3) is 0.636. The molecule has 8 heteroatoms. The third-order valence-corrected chi connectivity index (χ3v) is 3.62. The smallest absolute Gasteiger partial charge is 0.465 e. The van der Waals surface area contributed by atoms with Gasteiger partial charge in [-0.2, -0.15) is 0 Å². The van der Waals surface area contributed by atoms with Crippen LogP contribution in [0, 0.1) is 6.92 Å². The molecular formula is C11H17BN2O5. The molecule has 7 nitrogen and oxygen atoms in total. The highest BCUT2D eigenvalue weighted by Crippen LogP contribution is 2.37. The number of carbonyl (C=O) groups is 1. The Morgan fingerprint density at radius 3 is 2.26 bits per heavy atom. The van der Waals surface area contributed by atoms with Crippen molar-refractivity contribution in [3.63, 3.8) is 0 Å². The maximum absolute atomic E-state index is 10.7. The summed E-state index contributed by atoms with van der Waals surface area (Å²) >= 11 is 0. The van der Waals surface area contributed by atoms with Gasteiger partial charge in [0, 0.05) is 0 Å². The molecule has 0 atom stereocenters. The molecule has 0 radical (unpaired) electrons. The van der Waals surface area contributed by atoms with Crippen LogP contribution in [0.2, 0.25) is 0 Å². The summed E-state index contributed by atoms with van der Waals surface area (Å²) in [6.45, 7) is 9.35. The standard InChI is InChI=1S/C11H17BN2O5/c1-6-7(8(14-17-6)13-9(15)16)12-18-10(2,3)11(4,5)19-12/h1-5H3,(H,13,14)(H,15,16). The van der Waals surface area contributed by atoms with Crippen LogP contribution in [-0.4, -0.2) is 34.7 Å². The molecule has 1 aliphatic heterocycles. The monoisotopic (exact) mass is 268 g/mol. The molecule has 1 aromatic rings. The predicted molar refractivity (Wildman–Crippen MR) is 68.6 cm³/mol. The van der Waals surface area contributed by atoms with Crippen molar-refractivity contribution in [1.29, 1.82) is 0 Å². The first-order valence-electron chi connectivity index (χ1n) is 5.96. The second kappa shape index (κ2) is 4.24. The van der Waals surface area contributed by atoms with Crippen molar-refractivity contribution in [2.75, 3.05) is 5.32 Å². The van der Waals surface area contributed by atoms with Crippen LogP contribution in [0.3, 0.4) is 0 Å². The number of hydrogen-bond acceptors (Lipinski definition) is 5. The summed E-state index contributed by atoms with van der Waals surface area (Å²) in [5.74, 6) is 0.561. The molecule has 1 saturated heterocycles. The molecule has 1 aromatic heterocycles. The number of rotatable bonds is 2. The fourth-order valence-corrected chi connectivity index (χ4v) is 1.81. The molecule has 0 bridgehead atoms. The topological polar surface area (TPSA) is 93.8 Å². The summed E-state index contributed by atoms with van der Waals surface area (Å²) in [6, 6.07) is 0. The SMILES string of the molecule is Cc1onc(NC(=O)O)c1B1OC(C)(C)C(C)(C)O1. The Labute approximate surface area is 111 Å². The van der Waals surface area contributed by atoms with E-state index in [0.717, 1.165) is 0 Å². The van der Waals surface area contributed by atoms with Crippen LogP contribution in [0.15, 0.2) is 4.52 Å². The van der Waals surface area contributed by atoms with Gasteiger partial charge in [0.2, 0.25) is 0 Å². The van der Waals surface area contributed by atoms with Crippen LogP contribution in [0.5, 0.6) is 0 Å². The highest BCUT2D eigenvalue weighted by Gasteiger charge is 2.53. The van der Waals surface area contributed by atoms with Crippen LogP contribution < -0.4 is 10.8 Å². The third-order valence-electron chi connectivity index (χ3n) is 3.62. The number of aryl methyl sites for hydroxylation is 1. The zero-order chi connectivity index (χ0) is 14.4. The van der Waals surface area contributed by atoms with E-state index in [-0.39, 0.29) is 5.82 Å². The van der Waals surface area contributed by atoms with Crippen molar-refractivity contribution in [3.8, 4) is 0 Å². The molecule has 0 saturated carbocycles. The third kappa shape index (κ3) is 2.33. The van der Waals surface area contributed by atoms with Crippen molar-refractivity contribution >= 4 is 24.5 Å². The first-order chi connectivity index (χ1) is 8.64. The van der Waals surface area contributed by atoms with Gasteiger partial charge in [-0.05, 0) is 34.6 Å². The van der Waals surface area contributed by atoms with Gasteiger partial charge in [-0.15, -0.1) is 0 Å². The van der Waals surface area contributed by atoms with Crippen molar-refractivity contribution < 1.29 is 23.7 Å². The maximum Gasteiger partial charge on any atom is 0.502 e. The summed E-state index contributed by atoms with van der Waals surface area (Å²) in [5.41, 5.74) is -0.551. The van der Waals surface area contributed by atoms with E-state index in [4.69, 9.17) is 18.9 Å². The summed E-state index contributed by atoms with van der Waals surface area (Å²) in [7, 11) is -0.710. The first kappa shape index (κ1) is 13.9. The van der Waals surface area contributed by atoms with Crippen molar-refractivity contribution in [1.82, 2.24) is 5.16 Å². The second-order valence-corrected chi connectivity index (χ2v) is 5.52. The van der Waals surface area contributed by atoms with Gasteiger partial charge >= 0.3 is 13.2 Å². The molecule has 19 heavy (non-hydrogen) atoms. The van der Waals surface area contributed by atoms with Gasteiger partial charge in [0.05, 0.1) is 16.7 Å². The van der Waals surface area contributed by atoms with Gasteiger partial charge in [-0.25, -0.2) is 4.79 Å². The highest BCUT2D eigenvalue weighted by molar-refractivity contribution is 6.64. The molecule has 104 valence electrons. The van der Waals surface area contributed by atoms with Crippen LogP contribution in [0.4, 0.5) is 10.6 Å². The maximum atomic E-state index is 10.7. The van der Waals surface area contributed by atoms with E-state index < -0.39 is 24.4 Å². The van der Waals surface area contributed by atoms with Gasteiger partial charge < -0.3 is 18.9 Å². The number of hydrogen-bond donors (Lipinski definition) is 2. The Bertz CT molecular complexity index is 495. The lowest BCUT2D eigenvalue weighted by molar-refractivity contribution is 0.00578. The zero-order valence-electron chi connectivity index (χ0n) is 11.6. The first-order valence-corrected chi connectivity index (χ1v) is 5.96. The van der Waals surface area contributed by atoms with Crippen molar-refractivity contribution in [2.45, 2.75) is 45.8 Å². The summed E-state index contributed by atoms with van der Waals surface area (Å²) in [5, 5.41) is 14.6. The van der Waals surface area contributed by atoms with Crippen LogP contribution >= 0.6 is 0 Å². The molecule has 0 aromatic carbocycles. The molecule has 0 aliphatic carbocycles.